The van der Waals surface area contributed by atoms with Crippen LogP contribution in [0.1, 0.15) is 13.3 Å². The minimum atomic E-state index is -0.0723. The summed E-state index contributed by atoms with van der Waals surface area (Å²) in [6.07, 6.45) is 4.02. The van der Waals surface area contributed by atoms with E-state index >= 15 is 0 Å². The number of nitrogens with zero attached hydrogens (tertiary/aromatic N) is 5. The van der Waals surface area contributed by atoms with Gasteiger partial charge in [-0.25, -0.2) is 0 Å². The number of carbonyl (C=O) groups is 1. The third kappa shape index (κ3) is 2.65. The molecule has 2 heterocycles. The van der Waals surface area contributed by atoms with Crippen LogP contribution in [0.4, 0.5) is 5.82 Å². The van der Waals surface area contributed by atoms with E-state index in [-0.39, 0.29) is 12.5 Å². The van der Waals surface area contributed by atoms with Gasteiger partial charge in [0.2, 0.25) is 5.91 Å². The minimum Gasteiger partial charge on any atom is -0.360 e. The average molecular weight is 235 g/mol. The van der Waals surface area contributed by atoms with Crippen LogP contribution in [0.25, 0.3) is 5.65 Å². The molecule has 8 heteroatoms. The van der Waals surface area contributed by atoms with E-state index in [0.717, 1.165) is 6.42 Å². The van der Waals surface area contributed by atoms with Gasteiger partial charge in [0.15, 0.2) is 11.5 Å². The lowest BCUT2D eigenvalue weighted by atomic mass is 10.4. The van der Waals surface area contributed by atoms with Crippen LogP contribution in [-0.4, -0.2) is 44.0 Å². The maximum Gasteiger partial charge on any atom is 0.239 e. The highest BCUT2D eigenvalue weighted by molar-refractivity contribution is 5.80. The summed E-state index contributed by atoms with van der Waals surface area (Å²) in [6, 6.07) is 0. The van der Waals surface area contributed by atoms with E-state index < -0.39 is 0 Å². The fourth-order valence-electron chi connectivity index (χ4n) is 1.29. The summed E-state index contributed by atoms with van der Waals surface area (Å²) in [6.45, 7) is 2.84. The van der Waals surface area contributed by atoms with Gasteiger partial charge in [-0.1, -0.05) is 6.92 Å². The molecule has 17 heavy (non-hydrogen) atoms. The summed E-state index contributed by atoms with van der Waals surface area (Å²) in [5.74, 6) is 0.510. The Balaban J connectivity index is 1.99. The van der Waals surface area contributed by atoms with Crippen molar-refractivity contribution in [3.8, 4) is 0 Å². The second kappa shape index (κ2) is 5.19. The van der Waals surface area contributed by atoms with Crippen LogP contribution in [0.5, 0.6) is 0 Å². The predicted octanol–water partition coefficient (Wildman–Crippen LogP) is -0.543. The van der Waals surface area contributed by atoms with Gasteiger partial charge in [0.25, 0.3) is 0 Å². The summed E-state index contributed by atoms with van der Waals surface area (Å²) >= 11 is 0. The van der Waals surface area contributed by atoms with E-state index in [2.05, 4.69) is 31.1 Å². The zero-order chi connectivity index (χ0) is 12.1. The molecular formula is C9H13N7O. The highest BCUT2D eigenvalue weighted by Gasteiger charge is 2.05. The van der Waals surface area contributed by atoms with E-state index in [9.17, 15) is 4.79 Å². The lowest BCUT2D eigenvalue weighted by molar-refractivity contribution is -0.119. The van der Waals surface area contributed by atoms with Crippen molar-refractivity contribution in [3.63, 3.8) is 0 Å². The molecule has 0 atom stereocenters. The molecule has 2 aromatic heterocycles. The van der Waals surface area contributed by atoms with E-state index in [1.54, 1.807) is 12.4 Å². The molecule has 0 radical (unpaired) electrons. The van der Waals surface area contributed by atoms with Crippen LogP contribution in [0, 0.1) is 0 Å². The number of hydrogen-bond acceptors (Lipinski definition) is 6. The second-order valence-electron chi connectivity index (χ2n) is 3.44. The van der Waals surface area contributed by atoms with Crippen molar-refractivity contribution in [2.24, 2.45) is 0 Å². The van der Waals surface area contributed by atoms with Gasteiger partial charge in [-0.15, -0.1) is 5.10 Å². The number of anilines is 1. The molecule has 0 fully saturated rings. The average Bonchev–Trinajstić information content (AvgIpc) is 2.82. The SMILES string of the molecule is CCCNC(=O)CNc1cncc2nnnn12. The first-order valence-electron chi connectivity index (χ1n) is 5.34. The Labute approximate surface area is 97.4 Å². The molecule has 0 aliphatic heterocycles. The summed E-state index contributed by atoms with van der Waals surface area (Å²) in [4.78, 5) is 15.4. The first-order chi connectivity index (χ1) is 8.31. The lowest BCUT2D eigenvalue weighted by Gasteiger charge is -2.06. The normalized spacial score (nSPS) is 10.4. The summed E-state index contributed by atoms with van der Waals surface area (Å²) in [5, 5.41) is 16.7. The van der Waals surface area contributed by atoms with Crippen molar-refractivity contribution in [3.05, 3.63) is 12.4 Å². The van der Waals surface area contributed by atoms with Crippen LogP contribution in [0.3, 0.4) is 0 Å². The van der Waals surface area contributed by atoms with E-state index in [4.69, 9.17) is 0 Å². The molecule has 0 saturated carbocycles. The van der Waals surface area contributed by atoms with E-state index in [0.29, 0.717) is 18.0 Å². The second-order valence-corrected chi connectivity index (χ2v) is 3.44. The lowest BCUT2D eigenvalue weighted by Crippen LogP contribution is -2.30. The summed E-state index contributed by atoms with van der Waals surface area (Å²) in [5.41, 5.74) is 0.531. The number of amides is 1. The Bertz CT molecular complexity index is 509. The van der Waals surface area contributed by atoms with Gasteiger partial charge in [-0.3, -0.25) is 9.78 Å². The summed E-state index contributed by atoms with van der Waals surface area (Å²) in [7, 11) is 0. The van der Waals surface area contributed by atoms with Crippen molar-refractivity contribution < 1.29 is 4.79 Å². The number of rotatable bonds is 5. The molecule has 2 rings (SSSR count). The van der Waals surface area contributed by atoms with Gasteiger partial charge in [-0.05, 0) is 16.8 Å². The van der Waals surface area contributed by atoms with Crippen LogP contribution in [0.2, 0.25) is 0 Å². The molecule has 0 aromatic carbocycles. The van der Waals surface area contributed by atoms with Crippen LogP contribution in [-0.2, 0) is 4.79 Å². The van der Waals surface area contributed by atoms with Crippen LogP contribution < -0.4 is 10.6 Å². The Hall–Kier alpha value is -2.25. The van der Waals surface area contributed by atoms with E-state index in [1.807, 2.05) is 6.92 Å². The largest absolute Gasteiger partial charge is 0.360 e. The third-order valence-corrected chi connectivity index (χ3v) is 2.11. The first kappa shape index (κ1) is 11.2. The highest BCUT2D eigenvalue weighted by atomic mass is 16.1. The molecule has 8 nitrogen and oxygen atoms in total. The molecule has 0 aliphatic rings. The van der Waals surface area contributed by atoms with Gasteiger partial charge < -0.3 is 10.6 Å². The Morgan fingerprint density at radius 1 is 1.47 bits per heavy atom. The molecule has 1 amide bonds. The maximum absolute atomic E-state index is 11.4. The Kier molecular flexibility index (Phi) is 3.43. The monoisotopic (exact) mass is 235 g/mol. The molecule has 0 saturated heterocycles. The topological polar surface area (TPSA) is 97.1 Å². The molecule has 2 N–H and O–H groups in total. The zero-order valence-electron chi connectivity index (χ0n) is 9.42. The smallest absolute Gasteiger partial charge is 0.239 e. The van der Waals surface area contributed by atoms with Gasteiger partial charge in [0, 0.05) is 6.54 Å². The van der Waals surface area contributed by atoms with Gasteiger partial charge in [0.1, 0.15) is 0 Å². The summed E-state index contributed by atoms with van der Waals surface area (Å²) < 4.78 is 1.49. The zero-order valence-corrected chi connectivity index (χ0v) is 9.42. The number of carbonyl (C=O) groups excluding carboxylic acids is 1. The van der Waals surface area contributed by atoms with Crippen molar-refractivity contribution in [2.75, 3.05) is 18.4 Å². The van der Waals surface area contributed by atoms with Crippen LogP contribution >= 0.6 is 0 Å². The van der Waals surface area contributed by atoms with Gasteiger partial charge in [-0.2, -0.15) is 4.52 Å². The Morgan fingerprint density at radius 3 is 3.18 bits per heavy atom. The molecule has 0 bridgehead atoms. The highest BCUT2D eigenvalue weighted by Crippen LogP contribution is 2.04. The van der Waals surface area contributed by atoms with Crippen molar-refractivity contribution >= 4 is 17.4 Å². The first-order valence-corrected chi connectivity index (χ1v) is 5.34. The molecular weight excluding hydrogens is 222 g/mol. The quantitative estimate of drug-likeness (QED) is 0.722. The number of nitrogens with one attached hydrogen (secondary N) is 2. The van der Waals surface area contributed by atoms with Crippen LogP contribution in [0.15, 0.2) is 12.4 Å². The minimum absolute atomic E-state index is 0.0723. The fraction of sp³-hybridized carbons (Fsp3) is 0.444. The number of tetrazole rings is 1. The fourth-order valence-corrected chi connectivity index (χ4v) is 1.29. The molecule has 0 aliphatic carbocycles. The molecule has 2 aromatic rings. The van der Waals surface area contributed by atoms with Crippen molar-refractivity contribution in [1.82, 2.24) is 30.3 Å². The van der Waals surface area contributed by atoms with Gasteiger partial charge in [0.05, 0.1) is 18.9 Å². The standard InChI is InChI=1S/C9H13N7O/c1-2-3-11-9(17)6-12-7-4-10-5-8-13-14-15-16(7)8/h4-5,12H,2-3,6H2,1H3,(H,11,17). The van der Waals surface area contributed by atoms with Crippen molar-refractivity contribution in [1.29, 1.82) is 0 Å². The molecule has 0 spiro atoms. The van der Waals surface area contributed by atoms with E-state index in [1.165, 1.54) is 4.52 Å². The Morgan fingerprint density at radius 2 is 2.35 bits per heavy atom. The molecule has 90 valence electrons. The number of aromatic nitrogens is 5. The molecule has 0 unspecified atom stereocenters. The third-order valence-electron chi connectivity index (χ3n) is 2.11. The van der Waals surface area contributed by atoms with Gasteiger partial charge >= 0.3 is 0 Å². The maximum atomic E-state index is 11.4. The number of hydrogen-bond donors (Lipinski definition) is 2. The predicted molar refractivity (Wildman–Crippen MR) is 60.4 cm³/mol. The van der Waals surface area contributed by atoms with Crippen molar-refractivity contribution in [2.45, 2.75) is 13.3 Å². The number of fused-ring (bicyclic) bond motifs is 1.